The van der Waals surface area contributed by atoms with Crippen molar-refractivity contribution in [1.29, 1.82) is 0 Å². The summed E-state index contributed by atoms with van der Waals surface area (Å²) in [6.45, 7) is 0.202. The lowest BCUT2D eigenvalue weighted by atomic mass is 10.2. The third-order valence-corrected chi connectivity index (χ3v) is 2.30. The van der Waals surface area contributed by atoms with E-state index in [1.807, 2.05) is 0 Å². The first-order valence-electron chi connectivity index (χ1n) is 5.05. The van der Waals surface area contributed by atoms with Gasteiger partial charge in [-0.1, -0.05) is 6.07 Å². The maximum atomic E-state index is 13.3. The third kappa shape index (κ3) is 2.69. The molecule has 17 heavy (non-hydrogen) atoms. The molecule has 2 aromatic rings. The lowest BCUT2D eigenvalue weighted by molar-refractivity contribution is 0.574. The molecule has 0 aliphatic rings. The average Bonchev–Trinajstić information content (AvgIpc) is 2.30. The average molecular weight is 235 g/mol. The fourth-order valence-electron chi connectivity index (χ4n) is 1.41. The van der Waals surface area contributed by atoms with Gasteiger partial charge in [0.15, 0.2) is 0 Å². The summed E-state index contributed by atoms with van der Waals surface area (Å²) in [6.07, 6.45) is 1.58. The zero-order valence-corrected chi connectivity index (χ0v) is 8.95. The van der Waals surface area contributed by atoms with Crippen LogP contribution in [0.4, 0.5) is 20.3 Å². The number of rotatable bonds is 3. The predicted molar refractivity (Wildman–Crippen MR) is 62.3 cm³/mol. The van der Waals surface area contributed by atoms with Gasteiger partial charge in [-0.15, -0.1) is 0 Å². The number of nitrogen functional groups attached to an aromatic ring is 1. The molecule has 3 N–H and O–H groups in total. The highest BCUT2D eigenvalue weighted by atomic mass is 19.1. The Morgan fingerprint density at radius 3 is 2.76 bits per heavy atom. The Bertz CT molecular complexity index is 529. The van der Waals surface area contributed by atoms with Crippen LogP contribution in [0.2, 0.25) is 0 Å². The number of nitrogens with zero attached hydrogens (tertiary/aromatic N) is 1. The van der Waals surface area contributed by atoms with Crippen molar-refractivity contribution in [2.45, 2.75) is 6.54 Å². The van der Waals surface area contributed by atoms with Gasteiger partial charge in [0.05, 0.1) is 5.69 Å². The number of nitrogens with one attached hydrogen (secondary N) is 1. The van der Waals surface area contributed by atoms with Gasteiger partial charge in [0.2, 0.25) is 0 Å². The maximum absolute atomic E-state index is 13.3. The van der Waals surface area contributed by atoms with Crippen LogP contribution in [-0.2, 0) is 6.54 Å². The van der Waals surface area contributed by atoms with Crippen LogP contribution in [-0.4, -0.2) is 4.98 Å². The summed E-state index contributed by atoms with van der Waals surface area (Å²) in [6, 6.07) is 6.84. The molecule has 0 unspecified atom stereocenters. The first-order valence-corrected chi connectivity index (χ1v) is 5.05. The molecule has 0 aliphatic carbocycles. The summed E-state index contributed by atoms with van der Waals surface area (Å²) in [4.78, 5) is 4.01. The number of anilines is 2. The highest BCUT2D eigenvalue weighted by Gasteiger charge is 2.04. The number of nitrogens with two attached hydrogens (primary N) is 1. The van der Waals surface area contributed by atoms with E-state index in [4.69, 9.17) is 5.73 Å². The molecular formula is C12H11F2N3. The quantitative estimate of drug-likeness (QED) is 0.859. The number of benzene rings is 1. The molecule has 0 radical (unpaired) electrons. The molecule has 1 heterocycles. The minimum absolute atomic E-state index is 0.202. The van der Waals surface area contributed by atoms with Crippen molar-refractivity contribution in [3.8, 4) is 0 Å². The molecule has 88 valence electrons. The Kier molecular flexibility index (Phi) is 3.18. The van der Waals surface area contributed by atoms with Crippen molar-refractivity contribution in [3.63, 3.8) is 0 Å². The maximum Gasteiger partial charge on any atom is 0.149 e. The van der Waals surface area contributed by atoms with E-state index < -0.39 is 11.6 Å². The fraction of sp³-hybridized carbons (Fsp3) is 0.0833. The van der Waals surface area contributed by atoms with Gasteiger partial charge in [-0.25, -0.2) is 13.8 Å². The van der Waals surface area contributed by atoms with Gasteiger partial charge in [-0.05, 0) is 18.2 Å². The van der Waals surface area contributed by atoms with E-state index in [1.54, 1.807) is 18.3 Å². The second-order valence-electron chi connectivity index (χ2n) is 3.53. The Morgan fingerprint density at radius 2 is 2.06 bits per heavy atom. The Balaban J connectivity index is 2.10. The SMILES string of the molecule is Nc1cccnc1NCc1ccc(F)cc1F. The summed E-state index contributed by atoms with van der Waals surface area (Å²) < 4.78 is 26.0. The van der Waals surface area contributed by atoms with Crippen LogP contribution in [0, 0.1) is 11.6 Å². The lowest BCUT2D eigenvalue weighted by Gasteiger charge is -2.08. The van der Waals surface area contributed by atoms with Gasteiger partial charge in [-0.3, -0.25) is 0 Å². The number of hydrogen-bond acceptors (Lipinski definition) is 3. The standard InChI is InChI=1S/C12H11F2N3/c13-9-4-3-8(10(14)6-9)7-17-12-11(15)2-1-5-16-12/h1-6H,7,15H2,(H,16,17). The van der Waals surface area contributed by atoms with Crippen LogP contribution in [0.15, 0.2) is 36.5 Å². The van der Waals surface area contributed by atoms with Crippen LogP contribution in [0.5, 0.6) is 0 Å². The van der Waals surface area contributed by atoms with Gasteiger partial charge in [0.25, 0.3) is 0 Å². The molecule has 0 aliphatic heterocycles. The first kappa shape index (κ1) is 11.3. The molecule has 3 nitrogen and oxygen atoms in total. The summed E-state index contributed by atoms with van der Waals surface area (Å²) in [5, 5.41) is 2.89. The van der Waals surface area contributed by atoms with Crippen molar-refractivity contribution in [1.82, 2.24) is 4.98 Å². The second-order valence-corrected chi connectivity index (χ2v) is 3.53. The van der Waals surface area contributed by atoms with Crippen molar-refractivity contribution in [2.24, 2.45) is 0 Å². The van der Waals surface area contributed by atoms with Crippen LogP contribution >= 0.6 is 0 Å². The molecule has 5 heteroatoms. The minimum atomic E-state index is -0.594. The predicted octanol–water partition coefficient (Wildman–Crippen LogP) is 2.55. The van der Waals surface area contributed by atoms with Gasteiger partial charge in [0, 0.05) is 24.4 Å². The van der Waals surface area contributed by atoms with Gasteiger partial charge >= 0.3 is 0 Å². The van der Waals surface area contributed by atoms with E-state index in [-0.39, 0.29) is 6.54 Å². The molecule has 0 spiro atoms. The molecular weight excluding hydrogens is 224 g/mol. The monoisotopic (exact) mass is 235 g/mol. The molecule has 1 aromatic heterocycles. The van der Waals surface area contributed by atoms with Crippen molar-refractivity contribution >= 4 is 11.5 Å². The van der Waals surface area contributed by atoms with Gasteiger partial charge in [-0.2, -0.15) is 0 Å². The number of halogens is 2. The van der Waals surface area contributed by atoms with E-state index >= 15 is 0 Å². The van der Waals surface area contributed by atoms with E-state index in [2.05, 4.69) is 10.3 Å². The second kappa shape index (κ2) is 4.78. The fourth-order valence-corrected chi connectivity index (χ4v) is 1.41. The van der Waals surface area contributed by atoms with Crippen LogP contribution < -0.4 is 11.1 Å². The summed E-state index contributed by atoms with van der Waals surface area (Å²) in [5.74, 6) is -0.702. The zero-order valence-electron chi connectivity index (χ0n) is 8.95. The molecule has 0 amide bonds. The van der Waals surface area contributed by atoms with E-state index in [0.717, 1.165) is 6.07 Å². The molecule has 0 fully saturated rings. The summed E-state index contributed by atoms with van der Waals surface area (Å²) >= 11 is 0. The normalized spacial score (nSPS) is 10.2. The van der Waals surface area contributed by atoms with Crippen LogP contribution in [0.3, 0.4) is 0 Å². The van der Waals surface area contributed by atoms with E-state index in [1.165, 1.54) is 12.1 Å². The smallest absolute Gasteiger partial charge is 0.149 e. The molecule has 1 aromatic carbocycles. The highest BCUT2D eigenvalue weighted by molar-refractivity contribution is 5.60. The Labute approximate surface area is 97.3 Å². The van der Waals surface area contributed by atoms with E-state index in [9.17, 15) is 8.78 Å². The Morgan fingerprint density at radius 1 is 1.24 bits per heavy atom. The summed E-state index contributed by atoms with van der Waals surface area (Å²) in [7, 11) is 0. The van der Waals surface area contributed by atoms with Crippen molar-refractivity contribution in [3.05, 3.63) is 53.7 Å². The van der Waals surface area contributed by atoms with Crippen LogP contribution in [0.25, 0.3) is 0 Å². The Hall–Kier alpha value is -2.17. The zero-order chi connectivity index (χ0) is 12.3. The van der Waals surface area contributed by atoms with Gasteiger partial charge < -0.3 is 11.1 Å². The van der Waals surface area contributed by atoms with E-state index in [0.29, 0.717) is 17.1 Å². The molecule has 0 saturated heterocycles. The minimum Gasteiger partial charge on any atom is -0.396 e. The van der Waals surface area contributed by atoms with Crippen LogP contribution in [0.1, 0.15) is 5.56 Å². The highest BCUT2D eigenvalue weighted by Crippen LogP contribution is 2.16. The molecule has 0 bridgehead atoms. The number of hydrogen-bond donors (Lipinski definition) is 2. The molecule has 0 atom stereocenters. The molecule has 0 saturated carbocycles. The number of pyridine rings is 1. The first-order chi connectivity index (χ1) is 8.16. The molecule has 2 rings (SSSR count). The van der Waals surface area contributed by atoms with Gasteiger partial charge in [0.1, 0.15) is 17.5 Å². The van der Waals surface area contributed by atoms with Crippen molar-refractivity contribution < 1.29 is 8.78 Å². The third-order valence-electron chi connectivity index (χ3n) is 2.30. The largest absolute Gasteiger partial charge is 0.396 e. The topological polar surface area (TPSA) is 50.9 Å². The lowest BCUT2D eigenvalue weighted by Crippen LogP contribution is -2.05. The summed E-state index contributed by atoms with van der Waals surface area (Å²) in [5.41, 5.74) is 6.51. The number of aromatic nitrogens is 1. The van der Waals surface area contributed by atoms with Crippen molar-refractivity contribution in [2.75, 3.05) is 11.1 Å².